The van der Waals surface area contributed by atoms with Crippen LogP contribution in [0, 0.1) is 0 Å². The average molecular weight is 188 g/mol. The lowest BCUT2D eigenvalue weighted by Crippen LogP contribution is -2.13. The molecule has 1 aromatic rings. The van der Waals surface area contributed by atoms with E-state index in [0.29, 0.717) is 5.76 Å². The molecule has 0 atom stereocenters. The summed E-state index contributed by atoms with van der Waals surface area (Å²) < 4.78 is 5.07. The first-order valence-electron chi connectivity index (χ1n) is 3.56. The topological polar surface area (TPSA) is 43.1 Å². The minimum absolute atomic E-state index is 0.212. The number of carbonyl (C=O) groups is 1. The summed E-state index contributed by atoms with van der Waals surface area (Å²) in [4.78, 5) is 14.6. The molecule has 0 fully saturated rings. The van der Waals surface area contributed by atoms with Gasteiger partial charge in [0.15, 0.2) is 12.1 Å². The van der Waals surface area contributed by atoms with Crippen LogP contribution in [0.1, 0.15) is 37.0 Å². The maximum atomic E-state index is 10.8. The van der Waals surface area contributed by atoms with Gasteiger partial charge in [0, 0.05) is 5.41 Å². The smallest absolute Gasteiger partial charge is 0.274 e. The molecule has 0 aromatic carbocycles. The monoisotopic (exact) mass is 187 g/mol. The van der Waals surface area contributed by atoms with Crippen LogP contribution < -0.4 is 0 Å². The summed E-state index contributed by atoms with van der Waals surface area (Å²) >= 11 is 5.29. The number of oxazole rings is 1. The molecule has 1 aromatic heterocycles. The van der Waals surface area contributed by atoms with Crippen LogP contribution in [0.2, 0.25) is 0 Å². The van der Waals surface area contributed by atoms with Crippen LogP contribution in [0.3, 0.4) is 0 Å². The van der Waals surface area contributed by atoms with Gasteiger partial charge in [-0.25, -0.2) is 4.98 Å². The normalized spacial score (nSPS) is 11.7. The minimum Gasteiger partial charge on any atom is -0.447 e. The van der Waals surface area contributed by atoms with Gasteiger partial charge in [0.25, 0.3) is 5.24 Å². The number of nitrogens with zero attached hydrogens (tertiary/aromatic N) is 1. The molecule has 0 radical (unpaired) electrons. The van der Waals surface area contributed by atoms with E-state index < -0.39 is 5.24 Å². The van der Waals surface area contributed by atoms with Crippen LogP contribution in [-0.2, 0) is 5.41 Å². The van der Waals surface area contributed by atoms with E-state index in [1.807, 2.05) is 20.8 Å². The maximum absolute atomic E-state index is 10.8. The summed E-state index contributed by atoms with van der Waals surface area (Å²) in [7, 11) is 0. The third-order valence-corrected chi connectivity index (χ3v) is 1.61. The van der Waals surface area contributed by atoms with Crippen LogP contribution in [-0.4, -0.2) is 10.2 Å². The summed E-state index contributed by atoms with van der Waals surface area (Å²) in [5.41, 5.74) is -0.0275. The SMILES string of the molecule is CC(C)(C)c1ocnc1C(=O)Cl. The van der Waals surface area contributed by atoms with E-state index in [4.69, 9.17) is 16.0 Å². The van der Waals surface area contributed by atoms with Gasteiger partial charge in [0.2, 0.25) is 0 Å². The number of carbonyl (C=O) groups excluding carboxylic acids is 1. The molecule has 1 heterocycles. The van der Waals surface area contributed by atoms with E-state index in [0.717, 1.165) is 0 Å². The Kier molecular flexibility index (Phi) is 2.24. The molecule has 1 rings (SSSR count). The minimum atomic E-state index is -0.575. The molecule has 0 saturated heterocycles. The van der Waals surface area contributed by atoms with Crippen molar-refractivity contribution in [3.05, 3.63) is 17.8 Å². The number of aromatic nitrogens is 1. The highest BCUT2D eigenvalue weighted by molar-refractivity contribution is 6.67. The van der Waals surface area contributed by atoms with Crippen molar-refractivity contribution in [3.8, 4) is 0 Å². The highest BCUT2D eigenvalue weighted by atomic mass is 35.5. The van der Waals surface area contributed by atoms with Crippen molar-refractivity contribution in [1.29, 1.82) is 0 Å². The van der Waals surface area contributed by atoms with E-state index in [9.17, 15) is 4.79 Å². The molecule has 66 valence electrons. The Balaban J connectivity index is 3.17. The Morgan fingerprint density at radius 3 is 2.50 bits per heavy atom. The van der Waals surface area contributed by atoms with Gasteiger partial charge in [-0.05, 0) is 11.6 Å². The van der Waals surface area contributed by atoms with Crippen LogP contribution in [0.5, 0.6) is 0 Å². The Hall–Kier alpha value is -0.830. The Labute approximate surface area is 75.7 Å². The Bertz CT molecular complexity index is 298. The highest BCUT2D eigenvalue weighted by Gasteiger charge is 2.25. The molecule has 0 unspecified atom stereocenters. The van der Waals surface area contributed by atoms with Crippen LogP contribution >= 0.6 is 11.6 Å². The first kappa shape index (κ1) is 9.26. The van der Waals surface area contributed by atoms with Gasteiger partial charge in [0.05, 0.1) is 0 Å². The first-order valence-corrected chi connectivity index (χ1v) is 3.94. The predicted molar refractivity (Wildman–Crippen MR) is 45.4 cm³/mol. The zero-order chi connectivity index (χ0) is 9.35. The summed E-state index contributed by atoms with van der Waals surface area (Å²) in [5, 5.41) is -0.575. The first-order chi connectivity index (χ1) is 5.43. The molecule has 0 spiro atoms. The van der Waals surface area contributed by atoms with Crippen molar-refractivity contribution < 1.29 is 9.21 Å². The van der Waals surface area contributed by atoms with Crippen molar-refractivity contribution in [2.75, 3.05) is 0 Å². The molecule has 0 aliphatic carbocycles. The third kappa shape index (κ3) is 1.67. The Morgan fingerprint density at radius 2 is 2.17 bits per heavy atom. The molecule has 0 aliphatic heterocycles. The largest absolute Gasteiger partial charge is 0.447 e. The second-order valence-corrected chi connectivity index (χ2v) is 3.90. The fraction of sp³-hybridized carbons (Fsp3) is 0.500. The molecule has 3 nitrogen and oxygen atoms in total. The number of hydrogen-bond donors (Lipinski definition) is 0. The Morgan fingerprint density at radius 1 is 1.58 bits per heavy atom. The van der Waals surface area contributed by atoms with Crippen molar-refractivity contribution in [2.45, 2.75) is 26.2 Å². The number of rotatable bonds is 1. The average Bonchev–Trinajstić information content (AvgIpc) is 2.30. The fourth-order valence-corrected chi connectivity index (χ4v) is 1.05. The van der Waals surface area contributed by atoms with E-state index >= 15 is 0 Å². The van der Waals surface area contributed by atoms with Gasteiger partial charge < -0.3 is 4.42 Å². The molecule has 4 heteroatoms. The van der Waals surface area contributed by atoms with Crippen molar-refractivity contribution in [3.63, 3.8) is 0 Å². The summed E-state index contributed by atoms with van der Waals surface area (Å²) in [6.07, 6.45) is 1.23. The quantitative estimate of drug-likeness (QED) is 0.634. The molecule has 12 heavy (non-hydrogen) atoms. The second kappa shape index (κ2) is 2.90. The summed E-state index contributed by atoms with van der Waals surface area (Å²) in [6, 6.07) is 0. The molecular formula is C8H10ClNO2. The zero-order valence-corrected chi connectivity index (χ0v) is 7.97. The summed E-state index contributed by atoms with van der Waals surface area (Å²) in [5.74, 6) is 0.530. The second-order valence-electron chi connectivity index (χ2n) is 3.55. The van der Waals surface area contributed by atoms with E-state index in [1.165, 1.54) is 6.39 Å². The standard InChI is InChI=1S/C8H10ClNO2/c1-8(2,3)6-5(7(9)11)10-4-12-6/h4H,1-3H3. The number of hydrogen-bond acceptors (Lipinski definition) is 3. The lowest BCUT2D eigenvalue weighted by Gasteiger charge is -2.14. The van der Waals surface area contributed by atoms with Crippen LogP contribution in [0.15, 0.2) is 10.8 Å². The van der Waals surface area contributed by atoms with Crippen LogP contribution in [0.4, 0.5) is 0 Å². The van der Waals surface area contributed by atoms with Gasteiger partial charge in [-0.1, -0.05) is 20.8 Å². The molecule has 0 bridgehead atoms. The van der Waals surface area contributed by atoms with E-state index in [2.05, 4.69) is 4.98 Å². The highest BCUT2D eigenvalue weighted by Crippen LogP contribution is 2.25. The molecule has 0 amide bonds. The molecular weight excluding hydrogens is 178 g/mol. The molecule has 0 saturated carbocycles. The van der Waals surface area contributed by atoms with Gasteiger partial charge in [0.1, 0.15) is 5.76 Å². The van der Waals surface area contributed by atoms with E-state index in [1.54, 1.807) is 0 Å². The van der Waals surface area contributed by atoms with Crippen molar-refractivity contribution in [1.82, 2.24) is 4.98 Å². The van der Waals surface area contributed by atoms with Gasteiger partial charge in [-0.15, -0.1) is 0 Å². The van der Waals surface area contributed by atoms with Crippen molar-refractivity contribution in [2.24, 2.45) is 0 Å². The number of halogens is 1. The molecule has 0 N–H and O–H groups in total. The van der Waals surface area contributed by atoms with Crippen molar-refractivity contribution >= 4 is 16.8 Å². The fourth-order valence-electron chi connectivity index (χ4n) is 0.918. The van der Waals surface area contributed by atoms with E-state index in [-0.39, 0.29) is 11.1 Å². The van der Waals surface area contributed by atoms with Gasteiger partial charge in [-0.3, -0.25) is 4.79 Å². The summed E-state index contributed by atoms with van der Waals surface area (Å²) in [6.45, 7) is 5.78. The molecule has 0 aliphatic rings. The maximum Gasteiger partial charge on any atom is 0.274 e. The third-order valence-electron chi connectivity index (χ3n) is 1.43. The lowest BCUT2D eigenvalue weighted by atomic mass is 9.92. The van der Waals surface area contributed by atoms with Crippen LogP contribution in [0.25, 0.3) is 0 Å². The van der Waals surface area contributed by atoms with Gasteiger partial charge in [-0.2, -0.15) is 0 Å². The predicted octanol–water partition coefficient (Wildman–Crippen LogP) is 2.35. The van der Waals surface area contributed by atoms with Gasteiger partial charge >= 0.3 is 0 Å². The zero-order valence-electron chi connectivity index (χ0n) is 7.22. The lowest BCUT2D eigenvalue weighted by molar-refractivity contribution is 0.107.